The van der Waals surface area contributed by atoms with Gasteiger partial charge in [0, 0.05) is 5.41 Å². The molecule has 0 unspecified atom stereocenters. The van der Waals surface area contributed by atoms with Gasteiger partial charge in [-0.05, 0) is 128 Å². The monoisotopic (exact) mass is 672 g/mol. The second kappa shape index (κ2) is 11.2. The van der Waals surface area contributed by atoms with Gasteiger partial charge in [0.2, 0.25) is 0 Å². The number of rotatable bonds is 3. The van der Waals surface area contributed by atoms with Crippen LogP contribution in [0.2, 0.25) is 0 Å². The maximum atomic E-state index is 2.46. The topological polar surface area (TPSA) is 0 Å². The van der Waals surface area contributed by atoms with Gasteiger partial charge >= 0.3 is 0 Å². The SMILES string of the molecule is CC1(C)c2ccc(-c3cc(-c4c5ccccc5c(-c5cccc6ccccc56)c5ccccc45)c4ccccc4c3)cc2-c2c1ccc1ccccc21. The molecule has 0 N–H and O–H groups in total. The fourth-order valence-electron chi connectivity index (χ4n) is 9.54. The number of hydrogen-bond acceptors (Lipinski definition) is 0. The van der Waals surface area contributed by atoms with E-state index in [1.165, 1.54) is 109 Å². The lowest BCUT2D eigenvalue weighted by atomic mass is 9.81. The van der Waals surface area contributed by atoms with Gasteiger partial charge in [-0.2, -0.15) is 0 Å². The molecular weight excluding hydrogens is 637 g/mol. The summed E-state index contributed by atoms with van der Waals surface area (Å²) in [5.41, 5.74) is 13.1. The fraction of sp³-hybridized carbons (Fsp3) is 0.0566. The first kappa shape index (κ1) is 30.2. The Balaban J connectivity index is 1.20. The lowest BCUT2D eigenvalue weighted by Crippen LogP contribution is -2.14. The molecule has 11 rings (SSSR count). The molecule has 10 aromatic carbocycles. The molecule has 1 aliphatic rings. The van der Waals surface area contributed by atoms with Gasteiger partial charge in [-0.1, -0.05) is 178 Å². The molecule has 1 aliphatic carbocycles. The highest BCUT2D eigenvalue weighted by molar-refractivity contribution is 6.25. The summed E-state index contributed by atoms with van der Waals surface area (Å²) in [7, 11) is 0. The molecule has 0 nitrogen and oxygen atoms in total. The maximum absolute atomic E-state index is 2.46. The van der Waals surface area contributed by atoms with Gasteiger partial charge in [-0.25, -0.2) is 0 Å². The second-order valence-corrected chi connectivity index (χ2v) is 15.2. The summed E-state index contributed by atoms with van der Waals surface area (Å²) >= 11 is 0. The predicted octanol–water partition coefficient (Wildman–Crippen LogP) is 14.8. The summed E-state index contributed by atoms with van der Waals surface area (Å²) in [6, 6.07) is 68.0. The first-order valence-corrected chi connectivity index (χ1v) is 18.7. The third-order valence-corrected chi connectivity index (χ3v) is 12.0. The molecule has 53 heavy (non-hydrogen) atoms. The summed E-state index contributed by atoms with van der Waals surface area (Å²) < 4.78 is 0. The Morgan fingerprint density at radius 3 is 1.42 bits per heavy atom. The van der Waals surface area contributed by atoms with Crippen LogP contribution in [0.15, 0.2) is 182 Å². The Kier molecular flexibility index (Phi) is 6.40. The van der Waals surface area contributed by atoms with E-state index in [4.69, 9.17) is 0 Å². The van der Waals surface area contributed by atoms with Crippen molar-refractivity contribution in [2.45, 2.75) is 19.3 Å². The van der Waals surface area contributed by atoms with E-state index in [1.54, 1.807) is 0 Å². The summed E-state index contributed by atoms with van der Waals surface area (Å²) in [4.78, 5) is 0. The van der Waals surface area contributed by atoms with Crippen molar-refractivity contribution in [3.63, 3.8) is 0 Å². The van der Waals surface area contributed by atoms with E-state index in [0.717, 1.165) is 0 Å². The average Bonchev–Trinajstić information content (AvgIpc) is 3.45. The smallest absolute Gasteiger partial charge is 0.0159 e. The van der Waals surface area contributed by atoms with Crippen molar-refractivity contribution in [2.75, 3.05) is 0 Å². The highest BCUT2D eigenvalue weighted by atomic mass is 14.4. The van der Waals surface area contributed by atoms with Gasteiger partial charge in [0.05, 0.1) is 0 Å². The molecule has 0 fully saturated rings. The van der Waals surface area contributed by atoms with Crippen LogP contribution >= 0.6 is 0 Å². The minimum absolute atomic E-state index is 0.0641. The zero-order valence-corrected chi connectivity index (χ0v) is 29.8. The van der Waals surface area contributed by atoms with E-state index in [9.17, 15) is 0 Å². The van der Waals surface area contributed by atoms with Crippen molar-refractivity contribution in [2.24, 2.45) is 0 Å². The van der Waals surface area contributed by atoms with Crippen LogP contribution in [0.25, 0.3) is 98.4 Å². The quantitative estimate of drug-likeness (QED) is 0.164. The summed E-state index contributed by atoms with van der Waals surface area (Å²) in [6.45, 7) is 4.75. The molecule has 0 aromatic heterocycles. The van der Waals surface area contributed by atoms with E-state index >= 15 is 0 Å². The van der Waals surface area contributed by atoms with Crippen LogP contribution in [0.3, 0.4) is 0 Å². The van der Waals surface area contributed by atoms with Gasteiger partial charge in [-0.15, -0.1) is 0 Å². The molecule has 10 aromatic rings. The van der Waals surface area contributed by atoms with Gasteiger partial charge in [0.15, 0.2) is 0 Å². The maximum Gasteiger partial charge on any atom is 0.0159 e. The molecule has 0 spiro atoms. The standard InChI is InChI=1S/C53H36/c1-53(2)48-28-27-35(31-47(48)52-40-20-8-4-15-34(40)26-29-49(52)53)37-30-36-16-5-7-19-39(36)46(32-37)51-44-23-11-9-21-42(44)50(43-22-10-12-24-45(43)51)41-25-13-17-33-14-3-6-18-38(33)41/h3-32H,1-2H3. The Labute approximate surface area is 309 Å². The molecule has 0 bridgehead atoms. The van der Waals surface area contributed by atoms with Gasteiger partial charge in [-0.3, -0.25) is 0 Å². The first-order valence-electron chi connectivity index (χ1n) is 18.7. The van der Waals surface area contributed by atoms with Crippen LogP contribution < -0.4 is 0 Å². The summed E-state index contributed by atoms with van der Waals surface area (Å²) in [5, 5.41) is 12.8. The lowest BCUT2D eigenvalue weighted by molar-refractivity contribution is 0.661. The van der Waals surface area contributed by atoms with E-state index in [1.807, 2.05) is 0 Å². The highest BCUT2D eigenvalue weighted by Crippen LogP contribution is 2.53. The van der Waals surface area contributed by atoms with Gasteiger partial charge in [0.1, 0.15) is 0 Å². The van der Waals surface area contributed by atoms with Crippen molar-refractivity contribution < 1.29 is 0 Å². The Morgan fingerprint density at radius 2 is 0.755 bits per heavy atom. The van der Waals surface area contributed by atoms with Crippen LogP contribution in [0.1, 0.15) is 25.0 Å². The Bertz CT molecular complexity index is 3080. The average molecular weight is 673 g/mol. The van der Waals surface area contributed by atoms with Gasteiger partial charge < -0.3 is 0 Å². The molecule has 0 radical (unpaired) electrons. The van der Waals surface area contributed by atoms with Crippen molar-refractivity contribution in [1.29, 1.82) is 0 Å². The van der Waals surface area contributed by atoms with Crippen LogP contribution in [0.5, 0.6) is 0 Å². The summed E-state index contributed by atoms with van der Waals surface area (Å²) in [6.07, 6.45) is 0. The van der Waals surface area contributed by atoms with Crippen molar-refractivity contribution >= 4 is 53.9 Å². The molecule has 0 aliphatic heterocycles. The lowest BCUT2D eigenvalue weighted by Gasteiger charge is -2.22. The molecule has 0 heteroatoms. The number of fused-ring (bicyclic) bond motifs is 9. The number of hydrogen-bond donors (Lipinski definition) is 0. The van der Waals surface area contributed by atoms with Crippen LogP contribution in [0, 0.1) is 0 Å². The van der Waals surface area contributed by atoms with E-state index < -0.39 is 0 Å². The largest absolute Gasteiger partial charge is 0.0616 e. The van der Waals surface area contributed by atoms with Crippen LogP contribution in [-0.4, -0.2) is 0 Å². The molecule has 248 valence electrons. The first-order chi connectivity index (χ1) is 26.1. The second-order valence-electron chi connectivity index (χ2n) is 15.2. The molecular formula is C53H36. The zero-order chi connectivity index (χ0) is 35.3. The highest BCUT2D eigenvalue weighted by Gasteiger charge is 2.36. The van der Waals surface area contributed by atoms with Gasteiger partial charge in [0.25, 0.3) is 0 Å². The normalized spacial score (nSPS) is 13.2. The molecule has 0 amide bonds. The van der Waals surface area contributed by atoms with E-state index in [2.05, 4.69) is 196 Å². The van der Waals surface area contributed by atoms with Crippen LogP contribution in [-0.2, 0) is 5.41 Å². The molecule has 0 atom stereocenters. The van der Waals surface area contributed by atoms with Crippen molar-refractivity contribution in [3.8, 4) is 44.5 Å². The molecule has 0 saturated heterocycles. The third-order valence-electron chi connectivity index (χ3n) is 12.0. The molecule has 0 saturated carbocycles. The minimum atomic E-state index is -0.0641. The van der Waals surface area contributed by atoms with Crippen molar-refractivity contribution in [3.05, 3.63) is 193 Å². The van der Waals surface area contributed by atoms with E-state index in [0.29, 0.717) is 0 Å². The minimum Gasteiger partial charge on any atom is -0.0616 e. The Morgan fingerprint density at radius 1 is 0.283 bits per heavy atom. The Hall–Kier alpha value is -6.50. The van der Waals surface area contributed by atoms with E-state index in [-0.39, 0.29) is 5.41 Å². The van der Waals surface area contributed by atoms with Crippen LogP contribution in [0.4, 0.5) is 0 Å². The summed E-state index contributed by atoms with van der Waals surface area (Å²) in [5.74, 6) is 0. The predicted molar refractivity (Wildman–Crippen MR) is 228 cm³/mol. The zero-order valence-electron chi connectivity index (χ0n) is 29.8. The fourth-order valence-corrected chi connectivity index (χ4v) is 9.54. The molecule has 0 heterocycles. The third kappa shape index (κ3) is 4.36. The number of benzene rings is 10. The van der Waals surface area contributed by atoms with Crippen molar-refractivity contribution in [1.82, 2.24) is 0 Å².